The Morgan fingerprint density at radius 2 is 2.24 bits per heavy atom. The third-order valence-corrected chi connectivity index (χ3v) is 2.58. The summed E-state index contributed by atoms with van der Waals surface area (Å²) in [7, 11) is 0. The van der Waals surface area contributed by atoms with Gasteiger partial charge in [-0.2, -0.15) is 0 Å². The highest BCUT2D eigenvalue weighted by molar-refractivity contribution is 6.01. The van der Waals surface area contributed by atoms with Crippen molar-refractivity contribution in [3.8, 4) is 0 Å². The van der Waals surface area contributed by atoms with Gasteiger partial charge in [0, 0.05) is 15.0 Å². The molecule has 4 N–H and O–H groups in total. The molecule has 1 aliphatic rings. The number of anilines is 2. The van der Waals surface area contributed by atoms with Crippen molar-refractivity contribution in [3.05, 3.63) is 24.0 Å². The highest BCUT2D eigenvalue weighted by Gasteiger charge is 2.26. The number of piperidine rings is 1. The van der Waals surface area contributed by atoms with E-state index in [1.54, 1.807) is 6.07 Å². The number of rotatable bonds is 2. The molecule has 0 radical (unpaired) electrons. The lowest BCUT2D eigenvalue weighted by Crippen LogP contribution is -2.47. The molecule has 0 aliphatic carbocycles. The summed E-state index contributed by atoms with van der Waals surface area (Å²) < 4.78 is 13.2. The van der Waals surface area contributed by atoms with Crippen LogP contribution in [0.25, 0.3) is 0 Å². The minimum Gasteiger partial charge on any atom is -0.396 e. The Labute approximate surface area is 100 Å². The van der Waals surface area contributed by atoms with Crippen molar-refractivity contribution < 1.29 is 16.8 Å². The molecule has 1 atom stereocenters. The molecule has 2 amide bonds. The van der Waals surface area contributed by atoms with E-state index >= 15 is 0 Å². The molecule has 1 aromatic carbocycles. The number of carbonyl (C=O) groups is 2. The van der Waals surface area contributed by atoms with Gasteiger partial charge in [0.05, 0.1) is 5.69 Å². The van der Waals surface area contributed by atoms with Crippen LogP contribution in [-0.4, -0.2) is 17.9 Å². The van der Waals surface area contributed by atoms with Crippen molar-refractivity contribution in [1.29, 1.82) is 0 Å². The molecule has 1 fully saturated rings. The molecule has 1 aromatic rings. The van der Waals surface area contributed by atoms with E-state index in [2.05, 4.69) is 10.6 Å². The SMILES string of the molecule is Nc1ccc(NC2CCC(=O)NC2=O)cc1F.[HH].[HH]. The van der Waals surface area contributed by atoms with Gasteiger partial charge in [0.15, 0.2) is 0 Å². The molecule has 0 aromatic heterocycles. The lowest BCUT2D eigenvalue weighted by molar-refractivity contribution is -0.133. The maximum absolute atomic E-state index is 13.2. The van der Waals surface area contributed by atoms with Gasteiger partial charge in [-0.1, -0.05) is 0 Å². The summed E-state index contributed by atoms with van der Waals surface area (Å²) in [6.07, 6.45) is 0.678. The van der Waals surface area contributed by atoms with Crippen molar-refractivity contribution in [2.45, 2.75) is 18.9 Å². The predicted molar refractivity (Wildman–Crippen MR) is 64.8 cm³/mol. The average Bonchev–Trinajstić information content (AvgIpc) is 2.27. The summed E-state index contributed by atoms with van der Waals surface area (Å²) in [4.78, 5) is 22.4. The van der Waals surface area contributed by atoms with Crippen LogP contribution in [0.4, 0.5) is 15.8 Å². The Bertz CT molecular complexity index is 485. The van der Waals surface area contributed by atoms with Crippen molar-refractivity contribution in [1.82, 2.24) is 5.32 Å². The minimum absolute atomic E-state index is 0. The Morgan fingerprint density at radius 3 is 2.88 bits per heavy atom. The summed E-state index contributed by atoms with van der Waals surface area (Å²) in [5.41, 5.74) is 5.86. The van der Waals surface area contributed by atoms with E-state index in [-0.39, 0.29) is 20.9 Å². The lowest BCUT2D eigenvalue weighted by atomic mass is 10.1. The standard InChI is InChI=1S/C11H12FN3O2.2H2/c12-7-5-6(1-2-8(7)13)14-9-3-4-10(16)15-11(9)17;;/h1-2,5,9,14H,3-4,13H2,(H,15,16,17);2*1H. The molecule has 1 saturated heterocycles. The second-order valence-corrected chi connectivity index (χ2v) is 3.88. The zero-order chi connectivity index (χ0) is 12.4. The number of nitrogens with one attached hydrogen (secondary N) is 2. The first kappa shape index (κ1) is 11.4. The number of hydrogen-bond donors (Lipinski definition) is 3. The van der Waals surface area contributed by atoms with Gasteiger partial charge in [0.2, 0.25) is 11.8 Å². The number of nitrogens with two attached hydrogens (primary N) is 1. The molecule has 17 heavy (non-hydrogen) atoms. The molecule has 5 nitrogen and oxygen atoms in total. The molecule has 0 spiro atoms. The largest absolute Gasteiger partial charge is 0.396 e. The maximum Gasteiger partial charge on any atom is 0.249 e. The fourth-order valence-electron chi connectivity index (χ4n) is 1.65. The summed E-state index contributed by atoms with van der Waals surface area (Å²) in [6.45, 7) is 0. The molecule has 1 aliphatic heterocycles. The smallest absolute Gasteiger partial charge is 0.249 e. The van der Waals surface area contributed by atoms with Crippen molar-refractivity contribution in [3.63, 3.8) is 0 Å². The normalized spacial score (nSPS) is 19.9. The average molecular weight is 241 g/mol. The van der Waals surface area contributed by atoms with E-state index < -0.39 is 17.8 Å². The lowest BCUT2D eigenvalue weighted by Gasteiger charge is -2.22. The number of nitrogen functional groups attached to an aromatic ring is 1. The molecule has 1 heterocycles. The molecule has 0 saturated carbocycles. The van der Waals surface area contributed by atoms with Crippen LogP contribution in [0.2, 0.25) is 0 Å². The van der Waals surface area contributed by atoms with Crippen molar-refractivity contribution in [2.24, 2.45) is 0 Å². The van der Waals surface area contributed by atoms with E-state index in [1.165, 1.54) is 12.1 Å². The van der Waals surface area contributed by atoms with Crippen LogP contribution in [0.15, 0.2) is 18.2 Å². The predicted octanol–water partition coefficient (Wildman–Crippen LogP) is 1.12. The van der Waals surface area contributed by atoms with E-state index in [9.17, 15) is 14.0 Å². The van der Waals surface area contributed by atoms with Gasteiger partial charge >= 0.3 is 0 Å². The van der Waals surface area contributed by atoms with Gasteiger partial charge in [-0.3, -0.25) is 14.9 Å². The van der Waals surface area contributed by atoms with Crippen LogP contribution in [-0.2, 0) is 9.59 Å². The first-order valence-corrected chi connectivity index (χ1v) is 5.21. The van der Waals surface area contributed by atoms with Crippen molar-refractivity contribution >= 4 is 23.2 Å². The summed E-state index contributed by atoms with van der Waals surface area (Å²) in [5, 5.41) is 5.08. The third kappa shape index (κ3) is 2.52. The van der Waals surface area contributed by atoms with Crippen LogP contribution in [0.3, 0.4) is 0 Å². The van der Waals surface area contributed by atoms with Gasteiger partial charge in [0.1, 0.15) is 11.9 Å². The summed E-state index contributed by atoms with van der Waals surface area (Å²) in [5.74, 6) is -1.21. The molecule has 94 valence electrons. The van der Waals surface area contributed by atoms with Crippen LogP contribution in [0, 0.1) is 5.82 Å². The minimum atomic E-state index is -0.540. The van der Waals surface area contributed by atoms with Crippen LogP contribution >= 0.6 is 0 Å². The topological polar surface area (TPSA) is 84.2 Å². The quantitative estimate of drug-likeness (QED) is 0.535. The molecule has 6 heteroatoms. The zero-order valence-electron chi connectivity index (χ0n) is 9.00. The first-order valence-electron chi connectivity index (χ1n) is 5.21. The van der Waals surface area contributed by atoms with Crippen molar-refractivity contribution in [2.75, 3.05) is 11.1 Å². The van der Waals surface area contributed by atoms with Crippen LogP contribution < -0.4 is 16.4 Å². The fraction of sp³-hybridized carbons (Fsp3) is 0.273. The number of amides is 2. The first-order chi connectivity index (χ1) is 8.06. The number of imide groups is 1. The van der Waals surface area contributed by atoms with E-state index in [0.717, 1.165) is 0 Å². The van der Waals surface area contributed by atoms with E-state index in [1.807, 2.05) is 0 Å². The Hall–Kier alpha value is -2.11. The molecular weight excluding hydrogens is 225 g/mol. The van der Waals surface area contributed by atoms with Gasteiger partial charge in [-0.15, -0.1) is 0 Å². The summed E-state index contributed by atoms with van der Waals surface area (Å²) in [6, 6.07) is 3.71. The highest BCUT2D eigenvalue weighted by Crippen LogP contribution is 2.18. The molecular formula is C11H16FN3O2. The Balaban J connectivity index is 0.00000162. The van der Waals surface area contributed by atoms with Crippen LogP contribution in [0.1, 0.15) is 15.7 Å². The van der Waals surface area contributed by atoms with Gasteiger partial charge in [-0.25, -0.2) is 4.39 Å². The zero-order valence-corrected chi connectivity index (χ0v) is 9.00. The summed E-state index contributed by atoms with van der Waals surface area (Å²) >= 11 is 0. The number of benzene rings is 1. The second-order valence-electron chi connectivity index (χ2n) is 3.88. The molecule has 1 unspecified atom stereocenters. The van der Waals surface area contributed by atoms with Gasteiger partial charge in [-0.05, 0) is 24.6 Å². The van der Waals surface area contributed by atoms with Gasteiger partial charge in [0.25, 0.3) is 0 Å². The van der Waals surface area contributed by atoms with Gasteiger partial charge < -0.3 is 11.1 Å². The molecule has 0 bridgehead atoms. The number of carbonyl (C=O) groups excluding carboxylic acids is 2. The number of hydrogen-bond acceptors (Lipinski definition) is 4. The third-order valence-electron chi connectivity index (χ3n) is 2.58. The monoisotopic (exact) mass is 241 g/mol. The molecule has 2 rings (SSSR count). The Morgan fingerprint density at radius 1 is 1.47 bits per heavy atom. The van der Waals surface area contributed by atoms with E-state index in [4.69, 9.17) is 5.73 Å². The number of halogens is 1. The maximum atomic E-state index is 13.2. The fourth-order valence-corrected chi connectivity index (χ4v) is 1.65. The Kier molecular flexibility index (Phi) is 2.95. The van der Waals surface area contributed by atoms with E-state index in [0.29, 0.717) is 12.1 Å². The van der Waals surface area contributed by atoms with Crippen LogP contribution in [0.5, 0.6) is 0 Å². The highest BCUT2D eigenvalue weighted by atomic mass is 19.1. The second kappa shape index (κ2) is 4.40.